The average Bonchev–Trinajstić information content (AvgIpc) is 3.19. The molecule has 11 heteroatoms. The lowest BCUT2D eigenvalue weighted by atomic mass is 9.86. The number of aliphatic carboxylic acids is 1. The molecular weight excluding hydrogens is 547 g/mol. The number of ether oxygens (including phenoxy) is 1. The molecule has 0 spiro atoms. The van der Waals surface area contributed by atoms with Gasteiger partial charge in [0.15, 0.2) is 5.78 Å². The van der Waals surface area contributed by atoms with E-state index in [4.69, 9.17) is 33.0 Å². The molecule has 2 unspecified atom stereocenters. The van der Waals surface area contributed by atoms with E-state index in [0.717, 1.165) is 6.08 Å². The van der Waals surface area contributed by atoms with Crippen LogP contribution >= 0.6 is 23.2 Å². The maximum atomic E-state index is 13.8. The molecule has 0 saturated carbocycles. The van der Waals surface area contributed by atoms with Crippen LogP contribution in [0.2, 0.25) is 10.0 Å². The Balaban J connectivity index is 1.75. The molecule has 1 heterocycles. The average molecular weight is 567 g/mol. The summed E-state index contributed by atoms with van der Waals surface area (Å²) in [6.45, 7) is 0. The van der Waals surface area contributed by atoms with Crippen molar-refractivity contribution in [3.63, 3.8) is 0 Å². The van der Waals surface area contributed by atoms with Crippen LogP contribution in [0.1, 0.15) is 22.0 Å². The van der Waals surface area contributed by atoms with Crippen molar-refractivity contribution in [3.8, 4) is 5.75 Å². The molecule has 2 atom stereocenters. The molecule has 1 aliphatic rings. The lowest BCUT2D eigenvalue weighted by Crippen LogP contribution is -2.30. The molecule has 1 fully saturated rings. The van der Waals surface area contributed by atoms with Gasteiger partial charge in [-0.15, -0.1) is 0 Å². The normalized spacial score (nSPS) is 16.9. The first-order valence-corrected chi connectivity index (χ1v) is 12.2. The minimum atomic E-state index is -1.44. The fourth-order valence-electron chi connectivity index (χ4n) is 4.25. The third-order valence-corrected chi connectivity index (χ3v) is 6.76. The first-order valence-electron chi connectivity index (χ1n) is 11.4. The molecule has 1 aliphatic heterocycles. The molecule has 9 nitrogen and oxygen atoms in total. The van der Waals surface area contributed by atoms with Gasteiger partial charge in [-0.05, 0) is 54.1 Å². The Kier molecular flexibility index (Phi) is 8.13. The van der Waals surface area contributed by atoms with Crippen LogP contribution in [-0.2, 0) is 19.2 Å². The van der Waals surface area contributed by atoms with Gasteiger partial charge in [0.2, 0.25) is 11.7 Å². The van der Waals surface area contributed by atoms with E-state index >= 15 is 0 Å². The number of ketones is 2. The number of methoxy groups -OCH3 is 1. The zero-order valence-electron chi connectivity index (χ0n) is 20.3. The molecule has 1 saturated heterocycles. The number of carbonyl (C=O) groups is 5. The molecule has 3 aromatic rings. The summed E-state index contributed by atoms with van der Waals surface area (Å²) in [5.74, 6) is -5.37. The summed E-state index contributed by atoms with van der Waals surface area (Å²) in [4.78, 5) is 64.3. The number of benzene rings is 3. The van der Waals surface area contributed by atoms with Gasteiger partial charge < -0.3 is 15.2 Å². The Morgan fingerprint density at radius 2 is 1.67 bits per heavy atom. The number of carboxylic acids is 1. The molecule has 0 aromatic heterocycles. The molecule has 2 N–H and O–H groups in total. The van der Waals surface area contributed by atoms with Crippen molar-refractivity contribution < 1.29 is 33.8 Å². The van der Waals surface area contributed by atoms with Gasteiger partial charge >= 0.3 is 5.97 Å². The Morgan fingerprint density at radius 3 is 2.31 bits per heavy atom. The third-order valence-electron chi connectivity index (χ3n) is 6.02. The Labute approximate surface area is 232 Å². The third kappa shape index (κ3) is 5.84. The van der Waals surface area contributed by atoms with Crippen LogP contribution in [-0.4, -0.2) is 41.6 Å². The zero-order chi connectivity index (χ0) is 28.3. The maximum Gasteiger partial charge on any atom is 0.328 e. The number of halogens is 2. The van der Waals surface area contributed by atoms with E-state index in [1.807, 2.05) is 0 Å². The molecule has 198 valence electrons. The van der Waals surface area contributed by atoms with Gasteiger partial charge in [0.05, 0.1) is 23.2 Å². The Bertz CT molecular complexity index is 1520. The minimum absolute atomic E-state index is 0.0582. The molecule has 0 aliphatic carbocycles. The highest BCUT2D eigenvalue weighted by Crippen LogP contribution is 2.43. The lowest BCUT2D eigenvalue weighted by Gasteiger charge is -2.27. The van der Waals surface area contributed by atoms with E-state index in [9.17, 15) is 24.0 Å². The van der Waals surface area contributed by atoms with Crippen molar-refractivity contribution in [1.82, 2.24) is 0 Å². The highest BCUT2D eigenvalue weighted by atomic mass is 35.5. The number of nitrogens with one attached hydrogen (secondary N) is 1. The van der Waals surface area contributed by atoms with Crippen LogP contribution in [0.15, 0.2) is 78.9 Å². The topological polar surface area (TPSA) is 130 Å². The van der Waals surface area contributed by atoms with Crippen molar-refractivity contribution in [3.05, 3.63) is 100 Å². The molecule has 2 amide bonds. The van der Waals surface area contributed by atoms with Crippen LogP contribution in [0.5, 0.6) is 5.75 Å². The SMILES string of the molecule is COc1ccc(N2C(=O)C(=O)C(C(=O)c3cccc(NC(=O)/C=C\C(=O)O)c3)C2c2ccc(Cl)c(Cl)c2)cc1. The van der Waals surface area contributed by atoms with Crippen LogP contribution in [0.4, 0.5) is 11.4 Å². The van der Waals surface area contributed by atoms with Crippen molar-refractivity contribution in [2.24, 2.45) is 5.92 Å². The molecule has 3 aromatic carbocycles. The number of anilines is 2. The van der Waals surface area contributed by atoms with E-state index in [0.29, 0.717) is 23.1 Å². The van der Waals surface area contributed by atoms with Crippen molar-refractivity contribution in [2.75, 3.05) is 17.3 Å². The summed E-state index contributed by atoms with van der Waals surface area (Å²) in [5, 5.41) is 11.6. The predicted octanol–water partition coefficient (Wildman–Crippen LogP) is 4.74. The van der Waals surface area contributed by atoms with Crippen molar-refractivity contribution >= 4 is 63.9 Å². The van der Waals surface area contributed by atoms with Gasteiger partial charge in [0, 0.05) is 29.1 Å². The molecule has 0 bridgehead atoms. The fraction of sp³-hybridized carbons (Fsp3) is 0.107. The van der Waals surface area contributed by atoms with Crippen molar-refractivity contribution in [2.45, 2.75) is 6.04 Å². The second-order valence-electron chi connectivity index (χ2n) is 8.44. The number of nitrogens with zero attached hydrogens (tertiary/aromatic N) is 1. The second-order valence-corrected chi connectivity index (χ2v) is 9.25. The first kappa shape index (κ1) is 27.6. The largest absolute Gasteiger partial charge is 0.497 e. The van der Waals surface area contributed by atoms with Crippen molar-refractivity contribution in [1.29, 1.82) is 0 Å². The predicted molar refractivity (Wildman–Crippen MR) is 144 cm³/mol. The molecule has 0 radical (unpaired) electrons. The van der Waals surface area contributed by atoms with E-state index < -0.39 is 41.3 Å². The summed E-state index contributed by atoms with van der Waals surface area (Å²) >= 11 is 12.3. The number of rotatable bonds is 8. The molecular formula is C28H20Cl2N2O7. The van der Waals surface area contributed by atoms with E-state index in [1.54, 1.807) is 30.3 Å². The Morgan fingerprint density at radius 1 is 0.949 bits per heavy atom. The van der Waals surface area contributed by atoms with Crippen LogP contribution < -0.4 is 15.0 Å². The summed E-state index contributed by atoms with van der Waals surface area (Å²) in [6, 6.07) is 15.8. The summed E-state index contributed by atoms with van der Waals surface area (Å²) < 4.78 is 5.18. The monoisotopic (exact) mass is 566 g/mol. The number of carboxylic acid groups (broad SMARTS) is 1. The first-order chi connectivity index (χ1) is 18.6. The zero-order valence-corrected chi connectivity index (χ0v) is 21.8. The van der Waals surface area contributed by atoms with E-state index in [-0.39, 0.29) is 21.3 Å². The Hall–Kier alpha value is -4.47. The highest BCUT2D eigenvalue weighted by Gasteiger charge is 2.52. The number of Topliss-reactive ketones (excluding diaryl/α,β-unsaturated/α-hetero) is 2. The number of amides is 2. The van der Waals surface area contributed by atoms with Crippen LogP contribution in [0.3, 0.4) is 0 Å². The van der Waals surface area contributed by atoms with Gasteiger partial charge in [-0.3, -0.25) is 24.1 Å². The molecule has 4 rings (SSSR count). The standard InChI is InChI=1S/C28H20Cl2N2O7/c1-39-19-8-6-18(7-9-19)32-25(15-5-10-20(29)21(30)14-15)24(27(37)28(32)38)26(36)16-3-2-4-17(13-16)31-22(33)11-12-23(34)35/h2-14,24-25H,1H3,(H,31,33)(H,34,35)/b12-11-. The number of hydrogen-bond acceptors (Lipinski definition) is 6. The number of carbonyl (C=O) groups excluding carboxylic acids is 4. The maximum absolute atomic E-state index is 13.8. The van der Waals surface area contributed by atoms with Gasteiger partial charge in [0.25, 0.3) is 5.91 Å². The second kappa shape index (κ2) is 11.5. The van der Waals surface area contributed by atoms with Gasteiger partial charge in [-0.2, -0.15) is 0 Å². The van der Waals surface area contributed by atoms with Crippen LogP contribution in [0, 0.1) is 5.92 Å². The van der Waals surface area contributed by atoms with Crippen LogP contribution in [0.25, 0.3) is 0 Å². The number of hydrogen-bond donors (Lipinski definition) is 2. The van der Waals surface area contributed by atoms with E-state index in [1.165, 1.54) is 48.4 Å². The fourth-order valence-corrected chi connectivity index (χ4v) is 4.56. The summed E-state index contributed by atoms with van der Waals surface area (Å²) in [6.07, 6.45) is 1.49. The quantitative estimate of drug-likeness (QED) is 0.174. The minimum Gasteiger partial charge on any atom is -0.497 e. The van der Waals surface area contributed by atoms with Gasteiger partial charge in [0.1, 0.15) is 11.7 Å². The summed E-state index contributed by atoms with van der Waals surface area (Å²) in [7, 11) is 1.49. The summed E-state index contributed by atoms with van der Waals surface area (Å²) in [5.41, 5.74) is 1.03. The van der Waals surface area contributed by atoms with E-state index in [2.05, 4.69) is 5.32 Å². The lowest BCUT2D eigenvalue weighted by molar-refractivity contribution is -0.135. The van der Waals surface area contributed by atoms with Gasteiger partial charge in [-0.25, -0.2) is 4.79 Å². The van der Waals surface area contributed by atoms with Gasteiger partial charge in [-0.1, -0.05) is 41.4 Å². The molecule has 39 heavy (non-hydrogen) atoms. The smallest absolute Gasteiger partial charge is 0.328 e. The highest BCUT2D eigenvalue weighted by molar-refractivity contribution is 6.49.